The molecule has 1 aromatic carbocycles. The molecule has 0 saturated carbocycles. The molecule has 0 radical (unpaired) electrons. The minimum absolute atomic E-state index is 0.793. The number of rotatable bonds is 4. The summed E-state index contributed by atoms with van der Waals surface area (Å²) < 4.78 is 11.6. The number of benzene rings is 1. The van der Waals surface area contributed by atoms with E-state index in [1.807, 2.05) is 24.3 Å². The molecule has 0 unspecified atom stereocenters. The molecule has 0 fully saturated rings. The van der Waals surface area contributed by atoms with Gasteiger partial charge in [-0.1, -0.05) is 6.08 Å². The summed E-state index contributed by atoms with van der Waals surface area (Å²) in [6.07, 6.45) is 4.12. The van der Waals surface area contributed by atoms with Crippen molar-refractivity contribution in [2.24, 2.45) is 0 Å². The van der Waals surface area contributed by atoms with E-state index in [-0.39, 0.29) is 0 Å². The van der Waals surface area contributed by atoms with Crippen LogP contribution in [0.4, 0.5) is 0 Å². The van der Waals surface area contributed by atoms with Crippen LogP contribution in [0.25, 0.3) is 12.2 Å². The zero-order valence-electron chi connectivity index (χ0n) is 10.1. The fourth-order valence-corrected chi connectivity index (χ4v) is 2.86. The summed E-state index contributed by atoms with van der Waals surface area (Å²) in [7, 11) is 3.30. The fraction of sp³-hybridized carbons (Fsp3) is 0.143. The molecule has 0 amide bonds. The van der Waals surface area contributed by atoms with E-state index in [9.17, 15) is 0 Å². The largest absolute Gasteiger partial charge is 0.497 e. The van der Waals surface area contributed by atoms with Crippen molar-refractivity contribution in [3.63, 3.8) is 0 Å². The van der Waals surface area contributed by atoms with Gasteiger partial charge in [-0.3, -0.25) is 0 Å². The lowest BCUT2D eigenvalue weighted by atomic mass is 10.2. The first kappa shape index (κ1) is 13.2. The van der Waals surface area contributed by atoms with E-state index in [1.165, 1.54) is 4.88 Å². The van der Waals surface area contributed by atoms with E-state index >= 15 is 0 Å². The molecule has 1 heterocycles. The summed E-state index contributed by atoms with van der Waals surface area (Å²) in [5, 5.41) is 2.06. The summed E-state index contributed by atoms with van der Waals surface area (Å²) >= 11 is 5.13. The summed E-state index contributed by atoms with van der Waals surface area (Å²) in [6, 6.07) is 7.89. The monoisotopic (exact) mass is 324 g/mol. The van der Waals surface area contributed by atoms with Crippen molar-refractivity contribution >= 4 is 39.4 Å². The average molecular weight is 325 g/mol. The van der Waals surface area contributed by atoms with Gasteiger partial charge in [-0.2, -0.15) is 0 Å². The first-order valence-corrected chi connectivity index (χ1v) is 7.03. The van der Waals surface area contributed by atoms with Gasteiger partial charge in [0.25, 0.3) is 0 Å². The number of methoxy groups -OCH3 is 2. The number of halogens is 1. The molecule has 0 bridgehead atoms. The number of hydrogen-bond acceptors (Lipinski definition) is 3. The van der Waals surface area contributed by atoms with Crippen LogP contribution in [-0.2, 0) is 0 Å². The highest BCUT2D eigenvalue weighted by molar-refractivity contribution is 9.10. The van der Waals surface area contributed by atoms with E-state index in [0.29, 0.717) is 0 Å². The van der Waals surface area contributed by atoms with Gasteiger partial charge in [0.05, 0.1) is 14.2 Å². The predicted octanol–water partition coefficient (Wildman–Crippen LogP) is 4.70. The molecule has 1 aromatic heterocycles. The van der Waals surface area contributed by atoms with Gasteiger partial charge in [-0.15, -0.1) is 11.3 Å². The molecule has 0 aliphatic heterocycles. The molecular formula is C14H13BrO2S. The van der Waals surface area contributed by atoms with Crippen molar-refractivity contribution in [3.8, 4) is 11.5 Å². The maximum atomic E-state index is 5.23. The van der Waals surface area contributed by atoms with Crippen molar-refractivity contribution < 1.29 is 9.47 Å². The lowest BCUT2D eigenvalue weighted by Gasteiger charge is -2.05. The van der Waals surface area contributed by atoms with Gasteiger partial charge in [-0.25, -0.2) is 0 Å². The maximum Gasteiger partial charge on any atom is 0.123 e. The van der Waals surface area contributed by atoms with Crippen LogP contribution < -0.4 is 9.47 Å². The van der Waals surface area contributed by atoms with E-state index in [1.54, 1.807) is 25.6 Å². The number of thiophene rings is 1. The van der Waals surface area contributed by atoms with Crippen molar-refractivity contribution in [2.45, 2.75) is 0 Å². The average Bonchev–Trinajstić information content (AvgIpc) is 2.81. The molecule has 0 aliphatic rings. The Morgan fingerprint density at radius 1 is 1.00 bits per heavy atom. The lowest BCUT2D eigenvalue weighted by molar-refractivity contribution is 0.394. The maximum absolute atomic E-state index is 5.23. The van der Waals surface area contributed by atoms with Gasteiger partial charge >= 0.3 is 0 Å². The molecule has 4 heteroatoms. The third-order valence-corrected chi connectivity index (χ3v) is 4.06. The van der Waals surface area contributed by atoms with Crippen LogP contribution in [0.2, 0.25) is 0 Å². The summed E-state index contributed by atoms with van der Waals surface area (Å²) in [6.45, 7) is 0. The Morgan fingerprint density at radius 3 is 2.17 bits per heavy atom. The normalized spacial score (nSPS) is 10.8. The highest BCUT2D eigenvalue weighted by Gasteiger charge is 1.99. The standard InChI is InChI=1S/C14H13BrO2S/c1-16-12-5-10(6-13(8-12)17-2)3-4-14-7-11(15)9-18-14/h3-9H,1-2H3/b4-3+. The van der Waals surface area contributed by atoms with Gasteiger partial charge in [-0.05, 0) is 45.8 Å². The highest BCUT2D eigenvalue weighted by Crippen LogP contribution is 2.25. The zero-order valence-corrected chi connectivity index (χ0v) is 12.5. The van der Waals surface area contributed by atoms with Gasteiger partial charge in [0.1, 0.15) is 11.5 Å². The fourth-order valence-electron chi connectivity index (χ4n) is 1.52. The second-order valence-corrected chi connectivity index (χ2v) is 5.51. The summed E-state index contributed by atoms with van der Waals surface area (Å²) in [5.41, 5.74) is 1.05. The minimum Gasteiger partial charge on any atom is -0.497 e. The van der Waals surface area contributed by atoms with Gasteiger partial charge in [0, 0.05) is 20.8 Å². The molecule has 2 nitrogen and oxygen atoms in total. The van der Waals surface area contributed by atoms with E-state index in [0.717, 1.165) is 21.5 Å². The highest BCUT2D eigenvalue weighted by atomic mass is 79.9. The second kappa shape index (κ2) is 6.07. The number of ether oxygens (including phenoxy) is 2. The van der Waals surface area contributed by atoms with Crippen LogP contribution in [0.15, 0.2) is 34.1 Å². The predicted molar refractivity (Wildman–Crippen MR) is 80.5 cm³/mol. The first-order chi connectivity index (χ1) is 8.71. The van der Waals surface area contributed by atoms with Crippen LogP contribution in [0.5, 0.6) is 11.5 Å². The Hall–Kier alpha value is -1.26. The van der Waals surface area contributed by atoms with Crippen LogP contribution in [0.1, 0.15) is 10.4 Å². The smallest absolute Gasteiger partial charge is 0.123 e. The van der Waals surface area contributed by atoms with Gasteiger partial charge < -0.3 is 9.47 Å². The molecule has 94 valence electrons. The van der Waals surface area contributed by atoms with Crippen LogP contribution >= 0.6 is 27.3 Å². The Kier molecular flexibility index (Phi) is 4.44. The van der Waals surface area contributed by atoms with Crippen LogP contribution in [-0.4, -0.2) is 14.2 Å². The number of hydrogen-bond donors (Lipinski definition) is 0. The second-order valence-electron chi connectivity index (χ2n) is 3.65. The molecule has 0 N–H and O–H groups in total. The van der Waals surface area contributed by atoms with Crippen molar-refractivity contribution in [2.75, 3.05) is 14.2 Å². The Bertz CT molecular complexity index is 538. The van der Waals surface area contributed by atoms with Crippen LogP contribution in [0, 0.1) is 0 Å². The van der Waals surface area contributed by atoms with Crippen LogP contribution in [0.3, 0.4) is 0 Å². The molecule has 2 rings (SSSR count). The summed E-state index contributed by atoms with van der Waals surface area (Å²) in [4.78, 5) is 1.20. The summed E-state index contributed by atoms with van der Waals surface area (Å²) in [5.74, 6) is 1.59. The first-order valence-electron chi connectivity index (χ1n) is 5.36. The van der Waals surface area contributed by atoms with E-state index < -0.39 is 0 Å². The Morgan fingerprint density at radius 2 is 1.67 bits per heavy atom. The lowest BCUT2D eigenvalue weighted by Crippen LogP contribution is -1.87. The quantitative estimate of drug-likeness (QED) is 0.811. The van der Waals surface area contributed by atoms with E-state index in [2.05, 4.69) is 33.5 Å². The van der Waals surface area contributed by atoms with Gasteiger partial charge in [0.15, 0.2) is 0 Å². The SMILES string of the molecule is COc1cc(/C=C/c2cc(Br)cs2)cc(OC)c1. The Balaban J connectivity index is 2.25. The topological polar surface area (TPSA) is 18.5 Å². The molecule has 0 spiro atoms. The molecule has 18 heavy (non-hydrogen) atoms. The Labute approximate surface area is 119 Å². The molecule has 0 atom stereocenters. The molecule has 0 saturated heterocycles. The minimum atomic E-state index is 0.793. The van der Waals surface area contributed by atoms with E-state index in [4.69, 9.17) is 9.47 Å². The zero-order chi connectivity index (χ0) is 13.0. The molecule has 0 aliphatic carbocycles. The van der Waals surface area contributed by atoms with Crippen molar-refractivity contribution in [1.82, 2.24) is 0 Å². The molecule has 2 aromatic rings. The third-order valence-electron chi connectivity index (χ3n) is 2.40. The van der Waals surface area contributed by atoms with Gasteiger partial charge in [0.2, 0.25) is 0 Å². The third kappa shape index (κ3) is 3.37. The van der Waals surface area contributed by atoms with Crippen molar-refractivity contribution in [1.29, 1.82) is 0 Å². The molecular weight excluding hydrogens is 312 g/mol. The van der Waals surface area contributed by atoms with Crippen molar-refractivity contribution in [3.05, 3.63) is 44.6 Å².